The third-order valence-corrected chi connectivity index (χ3v) is 6.17. The van der Waals surface area contributed by atoms with E-state index in [1.165, 1.54) is 11.1 Å². The van der Waals surface area contributed by atoms with Gasteiger partial charge in [-0.2, -0.15) is 0 Å². The van der Waals surface area contributed by atoms with E-state index in [-0.39, 0.29) is 10.7 Å². The van der Waals surface area contributed by atoms with Gasteiger partial charge in [-0.1, -0.05) is 113 Å². The van der Waals surface area contributed by atoms with Gasteiger partial charge in [-0.3, -0.25) is 0 Å². The molecule has 0 amide bonds. The molecule has 0 radical (unpaired) electrons. The Kier molecular flexibility index (Phi) is 4.78. The van der Waals surface area contributed by atoms with Crippen molar-refractivity contribution in [3.63, 3.8) is 0 Å². The van der Waals surface area contributed by atoms with Crippen molar-refractivity contribution in [2.45, 2.75) is 10.7 Å². The standard InChI is InChI=1S/C25H18BrN3/c26-22-20-14-8-7-9-17(20)15-16-21(22)25-28-23(18-10-3-1-4-11-18)27-24(29-25)19-12-5-2-6-13-19/h1-16,21-22H. The third-order valence-electron chi connectivity index (χ3n) is 5.11. The predicted molar refractivity (Wildman–Crippen MR) is 121 cm³/mol. The number of aromatic nitrogens is 3. The second-order valence-corrected chi connectivity index (χ2v) is 7.97. The van der Waals surface area contributed by atoms with Crippen LogP contribution in [0.15, 0.2) is 91.0 Å². The molecule has 4 aromatic rings. The molecule has 1 heterocycles. The van der Waals surface area contributed by atoms with Crippen molar-refractivity contribution in [3.8, 4) is 22.8 Å². The van der Waals surface area contributed by atoms with Gasteiger partial charge < -0.3 is 0 Å². The first-order chi connectivity index (χ1) is 14.3. The smallest absolute Gasteiger partial charge is 0.163 e. The van der Waals surface area contributed by atoms with Crippen LogP contribution >= 0.6 is 15.9 Å². The van der Waals surface area contributed by atoms with Crippen molar-refractivity contribution >= 4 is 22.0 Å². The second kappa shape index (κ2) is 7.72. The van der Waals surface area contributed by atoms with Crippen LogP contribution in [0.1, 0.15) is 27.7 Å². The van der Waals surface area contributed by atoms with Gasteiger partial charge in [0.15, 0.2) is 11.6 Å². The first kappa shape index (κ1) is 18.0. The average Bonchev–Trinajstić information content (AvgIpc) is 2.80. The van der Waals surface area contributed by atoms with Crippen molar-refractivity contribution in [1.29, 1.82) is 0 Å². The maximum absolute atomic E-state index is 4.87. The van der Waals surface area contributed by atoms with Crippen molar-refractivity contribution < 1.29 is 0 Å². The molecule has 3 nitrogen and oxygen atoms in total. The molecule has 5 rings (SSSR count). The van der Waals surface area contributed by atoms with Crippen molar-refractivity contribution in [2.75, 3.05) is 0 Å². The molecule has 0 saturated heterocycles. The largest absolute Gasteiger partial charge is 0.212 e. The fourth-order valence-corrected chi connectivity index (χ4v) is 4.43. The number of rotatable bonds is 3. The zero-order valence-electron chi connectivity index (χ0n) is 15.6. The summed E-state index contributed by atoms with van der Waals surface area (Å²) in [4.78, 5) is 14.6. The molecule has 140 valence electrons. The van der Waals surface area contributed by atoms with Crippen LogP contribution < -0.4 is 0 Å². The topological polar surface area (TPSA) is 38.7 Å². The summed E-state index contributed by atoms with van der Waals surface area (Å²) in [7, 11) is 0. The van der Waals surface area contributed by atoms with E-state index < -0.39 is 0 Å². The summed E-state index contributed by atoms with van der Waals surface area (Å²) in [5, 5.41) is 0. The molecule has 3 aromatic carbocycles. The predicted octanol–water partition coefficient (Wildman–Crippen LogP) is 6.45. The van der Waals surface area contributed by atoms with E-state index >= 15 is 0 Å². The van der Waals surface area contributed by atoms with Gasteiger partial charge in [0.1, 0.15) is 5.82 Å². The zero-order valence-corrected chi connectivity index (χ0v) is 17.2. The van der Waals surface area contributed by atoms with Crippen LogP contribution in [0.4, 0.5) is 0 Å². The number of alkyl halides is 1. The highest BCUT2D eigenvalue weighted by molar-refractivity contribution is 9.09. The third kappa shape index (κ3) is 3.52. The van der Waals surface area contributed by atoms with Crippen LogP contribution in [0.3, 0.4) is 0 Å². The summed E-state index contributed by atoms with van der Waals surface area (Å²) in [5.74, 6) is 2.19. The minimum absolute atomic E-state index is 0.0258. The van der Waals surface area contributed by atoms with Crippen molar-refractivity contribution in [3.05, 3.63) is 108 Å². The molecule has 0 aliphatic heterocycles. The monoisotopic (exact) mass is 439 g/mol. The van der Waals surface area contributed by atoms with E-state index in [2.05, 4.69) is 52.3 Å². The van der Waals surface area contributed by atoms with E-state index in [1.54, 1.807) is 0 Å². The number of allylic oxidation sites excluding steroid dienone is 1. The minimum Gasteiger partial charge on any atom is -0.212 e. The Bertz CT molecular complexity index is 1120. The van der Waals surface area contributed by atoms with E-state index in [4.69, 9.17) is 15.0 Å². The van der Waals surface area contributed by atoms with E-state index in [0.717, 1.165) is 17.0 Å². The summed E-state index contributed by atoms with van der Waals surface area (Å²) in [6.45, 7) is 0. The maximum atomic E-state index is 4.87. The Labute approximate surface area is 178 Å². The molecule has 1 aliphatic carbocycles. The van der Waals surface area contributed by atoms with Crippen molar-refractivity contribution in [1.82, 2.24) is 15.0 Å². The molecule has 1 aliphatic rings. The summed E-state index contributed by atoms with van der Waals surface area (Å²) >= 11 is 3.90. The van der Waals surface area contributed by atoms with Crippen LogP contribution in [0, 0.1) is 0 Å². The number of fused-ring (bicyclic) bond motifs is 1. The SMILES string of the molecule is BrC1c2ccccc2C=CC1c1nc(-c2ccccc2)nc(-c2ccccc2)n1. The van der Waals surface area contributed by atoms with Gasteiger partial charge in [-0.25, -0.2) is 15.0 Å². The molecule has 2 atom stereocenters. The van der Waals surface area contributed by atoms with Crippen LogP contribution in [0.2, 0.25) is 0 Å². The number of benzene rings is 3. The molecule has 29 heavy (non-hydrogen) atoms. The Hall–Kier alpha value is -3.11. The summed E-state index contributed by atoms with van der Waals surface area (Å²) in [6.07, 6.45) is 4.34. The Morgan fingerprint density at radius 1 is 0.621 bits per heavy atom. The fourth-order valence-electron chi connectivity index (χ4n) is 3.60. The molecule has 0 N–H and O–H groups in total. The molecule has 0 fully saturated rings. The lowest BCUT2D eigenvalue weighted by Gasteiger charge is -2.25. The van der Waals surface area contributed by atoms with E-state index in [1.807, 2.05) is 60.7 Å². The number of nitrogens with zero attached hydrogens (tertiary/aromatic N) is 3. The van der Waals surface area contributed by atoms with E-state index in [0.29, 0.717) is 11.6 Å². The highest BCUT2D eigenvalue weighted by atomic mass is 79.9. The van der Waals surface area contributed by atoms with Gasteiger partial charge in [0, 0.05) is 11.1 Å². The second-order valence-electron chi connectivity index (χ2n) is 6.99. The van der Waals surface area contributed by atoms with Crippen LogP contribution in [-0.4, -0.2) is 15.0 Å². The van der Waals surface area contributed by atoms with Gasteiger partial charge in [-0.15, -0.1) is 0 Å². The average molecular weight is 440 g/mol. The molecule has 4 heteroatoms. The van der Waals surface area contributed by atoms with E-state index in [9.17, 15) is 0 Å². The summed E-state index contributed by atoms with van der Waals surface area (Å²) < 4.78 is 0. The van der Waals surface area contributed by atoms with Crippen LogP contribution in [-0.2, 0) is 0 Å². The van der Waals surface area contributed by atoms with Crippen LogP contribution in [0.5, 0.6) is 0 Å². The lowest BCUT2D eigenvalue weighted by atomic mass is 9.89. The molecular weight excluding hydrogens is 422 g/mol. The molecule has 1 aromatic heterocycles. The first-order valence-electron chi connectivity index (χ1n) is 9.57. The highest BCUT2D eigenvalue weighted by Gasteiger charge is 2.28. The van der Waals surface area contributed by atoms with Crippen molar-refractivity contribution in [2.24, 2.45) is 0 Å². The lowest BCUT2D eigenvalue weighted by molar-refractivity contribution is 0.742. The Morgan fingerprint density at radius 2 is 1.17 bits per heavy atom. The van der Waals surface area contributed by atoms with Gasteiger partial charge in [-0.05, 0) is 11.1 Å². The minimum atomic E-state index is 0.0258. The highest BCUT2D eigenvalue weighted by Crippen LogP contribution is 2.43. The Morgan fingerprint density at radius 3 is 1.79 bits per heavy atom. The fraction of sp³-hybridized carbons (Fsp3) is 0.0800. The number of hydrogen-bond donors (Lipinski definition) is 0. The molecule has 0 saturated carbocycles. The van der Waals surface area contributed by atoms with Gasteiger partial charge in [0.2, 0.25) is 0 Å². The normalized spacial score (nSPS) is 17.7. The lowest BCUT2D eigenvalue weighted by Crippen LogP contribution is -2.14. The zero-order chi connectivity index (χ0) is 19.6. The first-order valence-corrected chi connectivity index (χ1v) is 10.5. The summed E-state index contributed by atoms with van der Waals surface area (Å²) in [6, 6.07) is 28.6. The molecule has 0 spiro atoms. The van der Waals surface area contributed by atoms with Gasteiger partial charge in [0.05, 0.1) is 10.7 Å². The maximum Gasteiger partial charge on any atom is 0.163 e. The molecule has 0 bridgehead atoms. The summed E-state index contributed by atoms with van der Waals surface area (Å²) in [5.41, 5.74) is 4.45. The van der Waals surface area contributed by atoms with Gasteiger partial charge in [0.25, 0.3) is 0 Å². The molecular formula is C25H18BrN3. The Balaban J connectivity index is 1.65. The number of halogens is 1. The van der Waals surface area contributed by atoms with Gasteiger partial charge >= 0.3 is 0 Å². The number of hydrogen-bond acceptors (Lipinski definition) is 3. The quantitative estimate of drug-likeness (QED) is 0.344. The van der Waals surface area contributed by atoms with Crippen LogP contribution in [0.25, 0.3) is 28.9 Å². The molecule has 2 unspecified atom stereocenters.